The SMILES string of the molecule is O=C(Nc1cc2cn(C3CCC(CO)CC3)nc2cc1F)c1cncc(C(F)(F)F)n1. The fourth-order valence-electron chi connectivity index (χ4n) is 3.74. The number of amides is 1. The van der Waals surface area contributed by atoms with Crippen LogP contribution in [0, 0.1) is 11.7 Å². The Kier molecular flexibility index (Phi) is 5.61. The van der Waals surface area contributed by atoms with Gasteiger partial charge in [0, 0.05) is 24.3 Å². The van der Waals surface area contributed by atoms with E-state index < -0.39 is 29.3 Å². The summed E-state index contributed by atoms with van der Waals surface area (Å²) in [6, 6.07) is 2.68. The summed E-state index contributed by atoms with van der Waals surface area (Å²) >= 11 is 0. The van der Waals surface area contributed by atoms with Crippen molar-refractivity contribution in [2.45, 2.75) is 37.9 Å². The summed E-state index contributed by atoms with van der Waals surface area (Å²) in [7, 11) is 0. The minimum Gasteiger partial charge on any atom is -0.396 e. The van der Waals surface area contributed by atoms with Gasteiger partial charge >= 0.3 is 6.18 Å². The number of benzene rings is 1. The Morgan fingerprint density at radius 1 is 1.19 bits per heavy atom. The first-order chi connectivity index (χ1) is 14.7. The van der Waals surface area contributed by atoms with Crippen molar-refractivity contribution in [2.24, 2.45) is 5.92 Å². The average Bonchev–Trinajstić information content (AvgIpc) is 3.16. The Hall–Kier alpha value is -3.08. The second-order valence-electron chi connectivity index (χ2n) is 7.60. The highest BCUT2D eigenvalue weighted by Crippen LogP contribution is 2.33. The molecule has 0 bridgehead atoms. The molecule has 7 nitrogen and oxygen atoms in total. The third kappa shape index (κ3) is 4.50. The minimum atomic E-state index is -4.75. The second-order valence-corrected chi connectivity index (χ2v) is 7.60. The molecule has 2 aromatic heterocycles. The number of anilines is 1. The highest BCUT2D eigenvalue weighted by atomic mass is 19.4. The molecule has 0 aliphatic heterocycles. The first kappa shape index (κ1) is 21.2. The van der Waals surface area contributed by atoms with Crippen LogP contribution in [-0.4, -0.2) is 37.4 Å². The van der Waals surface area contributed by atoms with Crippen LogP contribution in [-0.2, 0) is 6.18 Å². The normalized spacial score (nSPS) is 19.5. The number of aliphatic hydroxyl groups is 1. The standard InChI is InChI=1S/C20H19F4N5O2/c21-14-6-15-12(9-29(28-15)13-3-1-11(10-30)2-4-13)5-16(14)27-19(31)17-7-25-8-18(26-17)20(22,23)24/h5-9,11,13,30H,1-4,10H2,(H,27,31). The summed E-state index contributed by atoms with van der Waals surface area (Å²) in [6.07, 6.45) is 1.83. The van der Waals surface area contributed by atoms with E-state index in [0.717, 1.165) is 31.9 Å². The van der Waals surface area contributed by atoms with Crippen molar-refractivity contribution in [1.29, 1.82) is 0 Å². The lowest BCUT2D eigenvalue weighted by Crippen LogP contribution is -2.20. The third-order valence-electron chi connectivity index (χ3n) is 5.47. The summed E-state index contributed by atoms with van der Waals surface area (Å²) in [5.74, 6) is -1.49. The molecule has 1 fully saturated rings. The number of carbonyl (C=O) groups excluding carboxylic acids is 1. The molecule has 2 N–H and O–H groups in total. The van der Waals surface area contributed by atoms with Crippen LogP contribution in [0.3, 0.4) is 0 Å². The van der Waals surface area contributed by atoms with Crippen LogP contribution in [0.5, 0.6) is 0 Å². The van der Waals surface area contributed by atoms with Gasteiger partial charge in [-0.1, -0.05) is 0 Å². The summed E-state index contributed by atoms with van der Waals surface area (Å²) in [4.78, 5) is 18.9. The summed E-state index contributed by atoms with van der Waals surface area (Å²) < 4.78 is 54.6. The number of aromatic nitrogens is 4. The van der Waals surface area contributed by atoms with Crippen molar-refractivity contribution in [2.75, 3.05) is 11.9 Å². The van der Waals surface area contributed by atoms with Crippen LogP contribution in [0.1, 0.15) is 47.9 Å². The molecule has 31 heavy (non-hydrogen) atoms. The van der Waals surface area contributed by atoms with E-state index in [-0.39, 0.29) is 18.3 Å². The monoisotopic (exact) mass is 437 g/mol. The van der Waals surface area contributed by atoms with Crippen molar-refractivity contribution in [1.82, 2.24) is 19.7 Å². The van der Waals surface area contributed by atoms with Crippen LogP contribution >= 0.6 is 0 Å². The molecule has 4 rings (SSSR count). The molecule has 1 aliphatic rings. The maximum atomic E-state index is 14.5. The topological polar surface area (TPSA) is 92.9 Å². The fraction of sp³-hybridized carbons (Fsp3) is 0.400. The number of nitrogens with one attached hydrogen (secondary N) is 1. The van der Waals surface area contributed by atoms with E-state index in [4.69, 9.17) is 0 Å². The van der Waals surface area contributed by atoms with Crippen molar-refractivity contribution in [3.8, 4) is 0 Å². The van der Waals surface area contributed by atoms with Gasteiger partial charge in [0.1, 0.15) is 11.5 Å². The number of hydrogen-bond donors (Lipinski definition) is 2. The van der Waals surface area contributed by atoms with Gasteiger partial charge < -0.3 is 10.4 Å². The predicted molar refractivity (Wildman–Crippen MR) is 103 cm³/mol. The summed E-state index contributed by atoms with van der Waals surface area (Å²) in [5.41, 5.74) is -1.68. The van der Waals surface area contributed by atoms with Gasteiger partial charge in [-0.15, -0.1) is 0 Å². The molecule has 3 aromatic rings. The zero-order chi connectivity index (χ0) is 22.2. The Morgan fingerprint density at radius 3 is 2.61 bits per heavy atom. The maximum absolute atomic E-state index is 14.5. The van der Waals surface area contributed by atoms with Gasteiger partial charge in [-0.3, -0.25) is 14.5 Å². The van der Waals surface area contributed by atoms with Crippen LogP contribution in [0.25, 0.3) is 10.9 Å². The van der Waals surface area contributed by atoms with Crippen molar-refractivity contribution >= 4 is 22.5 Å². The van der Waals surface area contributed by atoms with E-state index in [9.17, 15) is 27.5 Å². The van der Waals surface area contributed by atoms with E-state index in [0.29, 0.717) is 23.0 Å². The average molecular weight is 437 g/mol. The molecule has 2 heterocycles. The highest BCUT2D eigenvalue weighted by molar-refractivity contribution is 6.03. The van der Waals surface area contributed by atoms with Crippen LogP contribution in [0.15, 0.2) is 30.7 Å². The maximum Gasteiger partial charge on any atom is 0.434 e. The van der Waals surface area contributed by atoms with Gasteiger partial charge in [0.15, 0.2) is 5.69 Å². The molecule has 0 radical (unpaired) electrons. The summed E-state index contributed by atoms with van der Waals surface area (Å²) in [5, 5.41) is 16.5. The van der Waals surface area contributed by atoms with Crippen molar-refractivity contribution in [3.63, 3.8) is 0 Å². The van der Waals surface area contributed by atoms with Gasteiger partial charge in [-0.25, -0.2) is 9.37 Å². The Morgan fingerprint density at radius 2 is 1.94 bits per heavy atom. The van der Waals surface area contributed by atoms with Crippen molar-refractivity contribution in [3.05, 3.63) is 47.9 Å². The van der Waals surface area contributed by atoms with Crippen LogP contribution in [0.2, 0.25) is 0 Å². The van der Waals surface area contributed by atoms with Gasteiger partial charge in [-0.2, -0.15) is 18.3 Å². The van der Waals surface area contributed by atoms with E-state index in [2.05, 4.69) is 20.4 Å². The van der Waals surface area contributed by atoms with Crippen molar-refractivity contribution < 1.29 is 27.5 Å². The lowest BCUT2D eigenvalue weighted by Gasteiger charge is -2.27. The number of rotatable bonds is 4. The Labute approximate surface area is 174 Å². The van der Waals surface area contributed by atoms with E-state index in [1.54, 1.807) is 10.9 Å². The number of alkyl halides is 3. The van der Waals surface area contributed by atoms with E-state index >= 15 is 0 Å². The molecule has 0 spiro atoms. The number of fused-ring (bicyclic) bond motifs is 1. The molecule has 1 amide bonds. The number of aliphatic hydroxyl groups excluding tert-OH is 1. The molecular formula is C20H19F4N5O2. The van der Waals surface area contributed by atoms with Gasteiger partial charge in [0.05, 0.1) is 29.6 Å². The number of hydrogen-bond acceptors (Lipinski definition) is 5. The van der Waals surface area contributed by atoms with Gasteiger partial charge in [-0.05, 0) is 37.7 Å². The van der Waals surface area contributed by atoms with E-state index in [1.807, 2.05) is 0 Å². The Balaban J connectivity index is 1.55. The zero-order valence-electron chi connectivity index (χ0n) is 16.2. The summed E-state index contributed by atoms with van der Waals surface area (Å²) in [6.45, 7) is 0.165. The van der Waals surface area contributed by atoms with Gasteiger partial charge in [0.25, 0.3) is 5.91 Å². The minimum absolute atomic E-state index is 0.136. The Bertz CT molecular complexity index is 1110. The lowest BCUT2D eigenvalue weighted by atomic mass is 9.87. The van der Waals surface area contributed by atoms with Crippen LogP contribution < -0.4 is 5.32 Å². The number of halogens is 4. The second kappa shape index (κ2) is 8.22. The highest BCUT2D eigenvalue weighted by Gasteiger charge is 2.33. The zero-order valence-corrected chi connectivity index (χ0v) is 16.2. The third-order valence-corrected chi connectivity index (χ3v) is 5.47. The van der Waals surface area contributed by atoms with Crippen LogP contribution in [0.4, 0.5) is 23.2 Å². The quantitative estimate of drug-likeness (QED) is 0.603. The predicted octanol–water partition coefficient (Wildman–Crippen LogP) is 3.96. The molecule has 1 aromatic carbocycles. The fourth-order valence-corrected chi connectivity index (χ4v) is 3.74. The number of nitrogens with zero attached hydrogens (tertiary/aromatic N) is 4. The lowest BCUT2D eigenvalue weighted by molar-refractivity contribution is -0.141. The molecule has 11 heteroatoms. The molecule has 1 saturated carbocycles. The smallest absolute Gasteiger partial charge is 0.396 e. The molecular weight excluding hydrogens is 418 g/mol. The van der Waals surface area contributed by atoms with Gasteiger partial charge in [0.2, 0.25) is 0 Å². The first-order valence-corrected chi connectivity index (χ1v) is 9.74. The largest absolute Gasteiger partial charge is 0.434 e. The molecule has 0 unspecified atom stereocenters. The molecule has 1 aliphatic carbocycles. The molecule has 0 saturated heterocycles. The van der Waals surface area contributed by atoms with E-state index in [1.165, 1.54) is 12.1 Å². The molecule has 0 atom stereocenters. The number of carbonyl (C=O) groups is 1. The molecule has 164 valence electrons. The first-order valence-electron chi connectivity index (χ1n) is 9.74.